The number of hydrogen-bond donors (Lipinski definition) is 0. The van der Waals surface area contributed by atoms with Crippen LogP contribution in [-0.2, 0) is 0 Å². The van der Waals surface area contributed by atoms with Crippen LogP contribution in [0.5, 0.6) is 0 Å². The van der Waals surface area contributed by atoms with Crippen molar-refractivity contribution in [2.45, 2.75) is 13.3 Å². The first kappa shape index (κ1) is 11.8. The van der Waals surface area contributed by atoms with Crippen LogP contribution in [0.15, 0.2) is 16.6 Å². The highest BCUT2D eigenvalue weighted by atomic mass is 79.9. The monoisotopic (exact) mass is 273 g/mol. The molecule has 2 nitrogen and oxygen atoms in total. The molecule has 0 heterocycles. The Morgan fingerprint density at radius 2 is 2.13 bits per heavy atom. The molecule has 0 saturated carbocycles. The van der Waals surface area contributed by atoms with Crippen LogP contribution >= 0.6 is 15.9 Å². The van der Waals surface area contributed by atoms with Crippen molar-refractivity contribution >= 4 is 21.7 Å². The Labute approximate surface area is 93.6 Å². The molecule has 0 aromatic heterocycles. The Kier molecular flexibility index (Phi) is 3.53. The van der Waals surface area contributed by atoms with Crippen molar-refractivity contribution in [3.05, 3.63) is 33.3 Å². The van der Waals surface area contributed by atoms with Crippen LogP contribution in [-0.4, -0.2) is 5.78 Å². The van der Waals surface area contributed by atoms with E-state index in [-0.39, 0.29) is 21.2 Å². The molecule has 0 unspecified atom stereocenters. The molecule has 15 heavy (non-hydrogen) atoms. The number of Topliss-reactive ketones (excluding diaryl/α,β-unsaturated/α-hetero) is 1. The maximum absolute atomic E-state index is 12.5. The van der Waals surface area contributed by atoms with Gasteiger partial charge in [0.15, 0.2) is 5.78 Å². The molecule has 1 aromatic carbocycles. The van der Waals surface area contributed by atoms with E-state index < -0.39 is 12.2 Å². The number of ketones is 1. The molecule has 0 N–H and O–H groups in total. The van der Waals surface area contributed by atoms with E-state index in [0.29, 0.717) is 0 Å². The van der Waals surface area contributed by atoms with Crippen LogP contribution in [0.3, 0.4) is 0 Å². The minimum atomic E-state index is -2.68. The van der Waals surface area contributed by atoms with E-state index in [4.69, 9.17) is 5.26 Å². The molecule has 0 amide bonds. The van der Waals surface area contributed by atoms with Gasteiger partial charge in [-0.2, -0.15) is 5.26 Å². The zero-order valence-electron chi connectivity index (χ0n) is 7.72. The SMILES string of the molecule is CC(=O)c1cc(C(F)F)c(Br)cc1C#N. The molecule has 0 atom stereocenters. The van der Waals surface area contributed by atoms with Gasteiger partial charge in [-0.3, -0.25) is 4.79 Å². The van der Waals surface area contributed by atoms with Crippen molar-refractivity contribution in [3.63, 3.8) is 0 Å². The molecule has 0 aliphatic carbocycles. The third kappa shape index (κ3) is 2.39. The molecule has 1 rings (SSSR count). The topological polar surface area (TPSA) is 40.9 Å². The lowest BCUT2D eigenvalue weighted by molar-refractivity contribution is 0.101. The van der Waals surface area contributed by atoms with E-state index >= 15 is 0 Å². The first-order chi connectivity index (χ1) is 6.97. The Hall–Kier alpha value is -1.28. The lowest BCUT2D eigenvalue weighted by Gasteiger charge is -2.06. The number of rotatable bonds is 2. The zero-order chi connectivity index (χ0) is 11.6. The molecular weight excluding hydrogens is 268 g/mol. The fourth-order valence-electron chi connectivity index (χ4n) is 1.14. The average Bonchev–Trinajstić information content (AvgIpc) is 2.16. The van der Waals surface area contributed by atoms with Gasteiger partial charge in [0.1, 0.15) is 0 Å². The predicted octanol–water partition coefficient (Wildman–Crippen LogP) is 3.46. The second-order valence-electron chi connectivity index (χ2n) is 2.89. The Morgan fingerprint density at radius 1 is 1.53 bits per heavy atom. The van der Waals surface area contributed by atoms with E-state index in [1.807, 2.05) is 0 Å². The summed E-state index contributed by atoms with van der Waals surface area (Å²) in [4.78, 5) is 11.1. The Balaban J connectivity index is 3.45. The summed E-state index contributed by atoms with van der Waals surface area (Å²) in [6.45, 7) is 1.24. The van der Waals surface area contributed by atoms with Crippen molar-refractivity contribution < 1.29 is 13.6 Å². The fourth-order valence-corrected chi connectivity index (χ4v) is 1.66. The average molecular weight is 274 g/mol. The van der Waals surface area contributed by atoms with Gasteiger partial charge in [0.05, 0.1) is 11.6 Å². The van der Waals surface area contributed by atoms with E-state index in [2.05, 4.69) is 15.9 Å². The highest BCUT2D eigenvalue weighted by molar-refractivity contribution is 9.10. The molecule has 1 aromatic rings. The molecule has 0 saturated heterocycles. The number of nitrogens with zero attached hydrogens (tertiary/aromatic N) is 1. The van der Waals surface area contributed by atoms with E-state index in [1.165, 1.54) is 13.0 Å². The molecule has 0 aliphatic heterocycles. The van der Waals surface area contributed by atoms with Crippen LogP contribution in [0.25, 0.3) is 0 Å². The summed E-state index contributed by atoms with van der Waals surface area (Å²) < 4.78 is 25.1. The van der Waals surface area contributed by atoms with Gasteiger partial charge in [-0.1, -0.05) is 15.9 Å². The summed E-state index contributed by atoms with van der Waals surface area (Å²) >= 11 is 2.93. The Bertz CT molecular complexity index is 451. The molecule has 0 spiro atoms. The number of hydrogen-bond acceptors (Lipinski definition) is 2. The van der Waals surface area contributed by atoms with Gasteiger partial charge in [0.25, 0.3) is 6.43 Å². The van der Waals surface area contributed by atoms with Gasteiger partial charge in [0, 0.05) is 15.6 Å². The summed E-state index contributed by atoms with van der Waals surface area (Å²) in [7, 11) is 0. The second kappa shape index (κ2) is 4.49. The molecule has 0 radical (unpaired) electrons. The van der Waals surface area contributed by atoms with Gasteiger partial charge < -0.3 is 0 Å². The van der Waals surface area contributed by atoms with Crippen molar-refractivity contribution in [3.8, 4) is 6.07 Å². The predicted molar refractivity (Wildman–Crippen MR) is 53.8 cm³/mol. The van der Waals surface area contributed by atoms with Crippen molar-refractivity contribution in [2.75, 3.05) is 0 Å². The van der Waals surface area contributed by atoms with Gasteiger partial charge in [0.2, 0.25) is 0 Å². The van der Waals surface area contributed by atoms with Crippen molar-refractivity contribution in [1.29, 1.82) is 5.26 Å². The van der Waals surface area contributed by atoms with Crippen LogP contribution in [0.4, 0.5) is 8.78 Å². The molecule has 0 fully saturated rings. The highest BCUT2D eigenvalue weighted by Gasteiger charge is 2.17. The number of carbonyl (C=O) groups is 1. The van der Waals surface area contributed by atoms with Crippen LogP contribution in [0, 0.1) is 11.3 Å². The minimum absolute atomic E-state index is 0.0241. The quantitative estimate of drug-likeness (QED) is 0.775. The highest BCUT2D eigenvalue weighted by Crippen LogP contribution is 2.30. The lowest BCUT2D eigenvalue weighted by Crippen LogP contribution is -2.00. The molecule has 0 bridgehead atoms. The molecule has 78 valence electrons. The van der Waals surface area contributed by atoms with Crippen molar-refractivity contribution in [2.24, 2.45) is 0 Å². The van der Waals surface area contributed by atoms with Gasteiger partial charge in [-0.15, -0.1) is 0 Å². The zero-order valence-corrected chi connectivity index (χ0v) is 9.31. The largest absolute Gasteiger partial charge is 0.294 e. The first-order valence-electron chi connectivity index (χ1n) is 4.00. The third-order valence-electron chi connectivity index (χ3n) is 1.87. The molecule has 0 aliphatic rings. The standard InChI is InChI=1S/C10H6BrF2NO/c1-5(15)7-3-8(10(12)13)9(11)2-6(7)4-14/h2-3,10H,1H3. The summed E-state index contributed by atoms with van der Waals surface area (Å²) in [5, 5.41) is 8.71. The number of benzene rings is 1. The maximum atomic E-state index is 12.5. The maximum Gasteiger partial charge on any atom is 0.264 e. The van der Waals surface area contributed by atoms with E-state index in [9.17, 15) is 13.6 Å². The van der Waals surface area contributed by atoms with Crippen LogP contribution < -0.4 is 0 Å². The Morgan fingerprint density at radius 3 is 2.53 bits per heavy atom. The summed E-state index contributed by atoms with van der Waals surface area (Å²) in [6.07, 6.45) is -2.68. The fraction of sp³-hybridized carbons (Fsp3) is 0.200. The normalized spacial score (nSPS) is 10.1. The van der Waals surface area contributed by atoms with E-state index in [1.54, 1.807) is 6.07 Å². The minimum Gasteiger partial charge on any atom is -0.294 e. The first-order valence-corrected chi connectivity index (χ1v) is 4.79. The number of nitriles is 1. The lowest BCUT2D eigenvalue weighted by atomic mass is 10.0. The summed E-state index contributed by atoms with van der Waals surface area (Å²) in [5.74, 6) is -0.402. The second-order valence-corrected chi connectivity index (χ2v) is 3.74. The number of alkyl halides is 2. The van der Waals surface area contributed by atoms with Crippen LogP contribution in [0.1, 0.15) is 34.8 Å². The van der Waals surface area contributed by atoms with Gasteiger partial charge in [-0.25, -0.2) is 8.78 Å². The molecular formula is C10H6BrF2NO. The van der Waals surface area contributed by atoms with Crippen molar-refractivity contribution in [1.82, 2.24) is 0 Å². The van der Waals surface area contributed by atoms with Gasteiger partial charge >= 0.3 is 0 Å². The summed E-state index contributed by atoms with van der Waals surface area (Å²) in [6, 6.07) is 4.07. The third-order valence-corrected chi connectivity index (χ3v) is 2.56. The molecule has 5 heteroatoms. The van der Waals surface area contributed by atoms with Crippen LogP contribution in [0.2, 0.25) is 0 Å². The number of carbonyl (C=O) groups excluding carboxylic acids is 1. The van der Waals surface area contributed by atoms with E-state index in [0.717, 1.165) is 6.07 Å². The smallest absolute Gasteiger partial charge is 0.264 e. The summed E-state index contributed by atoms with van der Waals surface area (Å²) in [5.41, 5.74) is -0.158. The van der Waals surface area contributed by atoms with Gasteiger partial charge in [-0.05, 0) is 19.1 Å². The number of halogens is 3.